The predicted octanol–water partition coefficient (Wildman–Crippen LogP) is 3.81. The minimum absolute atomic E-state index is 0.0555. The Morgan fingerprint density at radius 3 is 2.56 bits per heavy atom. The van der Waals surface area contributed by atoms with Crippen LogP contribution >= 0.6 is 0 Å². The molecular weight excluding hydrogens is 224 g/mol. The molecule has 2 rings (SSSR count). The average Bonchev–Trinajstić information content (AvgIpc) is 2.86. The Balaban J connectivity index is 2.13. The van der Waals surface area contributed by atoms with Crippen molar-refractivity contribution in [1.29, 1.82) is 0 Å². The normalized spacial score (nSPS) is 23.6. The van der Waals surface area contributed by atoms with Crippen LogP contribution in [-0.2, 0) is 4.74 Å². The summed E-state index contributed by atoms with van der Waals surface area (Å²) in [4.78, 5) is 12.4. The lowest BCUT2D eigenvalue weighted by Crippen LogP contribution is -2.23. The third-order valence-corrected chi connectivity index (χ3v) is 3.81. The molecule has 0 radical (unpaired) electrons. The molecule has 98 valence electrons. The number of ketones is 1. The zero-order valence-electron chi connectivity index (χ0n) is 11.5. The standard InChI is InChI=1S/C16H22O2/c1-4-15-14(9-10-18-15)16(17)13-7-5-12(6-8-13)11(2)3/h5-8,11,14-15H,4,9-10H2,1-3H3. The monoisotopic (exact) mass is 246 g/mol. The van der Waals surface area contributed by atoms with Crippen LogP contribution in [0.1, 0.15) is 55.5 Å². The minimum Gasteiger partial charge on any atom is -0.377 e. The van der Waals surface area contributed by atoms with E-state index in [2.05, 4.69) is 32.9 Å². The number of Topliss-reactive ketones (excluding diaryl/α,β-unsaturated/α-hetero) is 1. The highest BCUT2D eigenvalue weighted by Crippen LogP contribution is 2.27. The first kappa shape index (κ1) is 13.3. The first-order chi connectivity index (χ1) is 8.63. The molecule has 2 atom stereocenters. The number of hydrogen-bond donors (Lipinski definition) is 0. The molecule has 0 spiro atoms. The van der Waals surface area contributed by atoms with Crippen LogP contribution < -0.4 is 0 Å². The van der Waals surface area contributed by atoms with Gasteiger partial charge in [-0.2, -0.15) is 0 Å². The highest BCUT2D eigenvalue weighted by Gasteiger charge is 2.33. The molecule has 0 N–H and O–H groups in total. The van der Waals surface area contributed by atoms with Crippen LogP contribution in [0.2, 0.25) is 0 Å². The van der Waals surface area contributed by atoms with E-state index in [-0.39, 0.29) is 17.8 Å². The first-order valence-electron chi connectivity index (χ1n) is 6.89. The van der Waals surface area contributed by atoms with E-state index in [1.54, 1.807) is 0 Å². The molecule has 1 aliphatic rings. The van der Waals surface area contributed by atoms with Crippen molar-refractivity contribution in [2.75, 3.05) is 6.61 Å². The summed E-state index contributed by atoms with van der Waals surface area (Å²) >= 11 is 0. The van der Waals surface area contributed by atoms with Gasteiger partial charge in [-0.3, -0.25) is 4.79 Å². The largest absolute Gasteiger partial charge is 0.377 e. The summed E-state index contributed by atoms with van der Waals surface area (Å²) in [5.74, 6) is 0.807. The van der Waals surface area contributed by atoms with Crippen LogP contribution in [0, 0.1) is 5.92 Å². The van der Waals surface area contributed by atoms with Crippen molar-refractivity contribution in [3.05, 3.63) is 35.4 Å². The molecule has 2 heteroatoms. The van der Waals surface area contributed by atoms with E-state index >= 15 is 0 Å². The number of rotatable bonds is 4. The third kappa shape index (κ3) is 2.64. The lowest BCUT2D eigenvalue weighted by Gasteiger charge is -2.16. The van der Waals surface area contributed by atoms with Gasteiger partial charge in [0.15, 0.2) is 5.78 Å². The molecule has 1 aliphatic heterocycles. The molecule has 1 aromatic rings. The fourth-order valence-electron chi connectivity index (χ4n) is 2.60. The molecular formula is C16H22O2. The van der Waals surface area contributed by atoms with Gasteiger partial charge in [-0.1, -0.05) is 45.0 Å². The molecule has 0 aromatic heterocycles. The van der Waals surface area contributed by atoms with Gasteiger partial charge in [-0.25, -0.2) is 0 Å². The molecule has 0 aliphatic carbocycles. The van der Waals surface area contributed by atoms with Crippen LogP contribution in [0.3, 0.4) is 0 Å². The zero-order chi connectivity index (χ0) is 13.1. The summed E-state index contributed by atoms with van der Waals surface area (Å²) < 4.78 is 5.60. The van der Waals surface area contributed by atoms with Crippen molar-refractivity contribution in [2.45, 2.75) is 45.6 Å². The molecule has 0 bridgehead atoms. The van der Waals surface area contributed by atoms with E-state index in [1.807, 2.05) is 12.1 Å². The van der Waals surface area contributed by atoms with Crippen LogP contribution in [-0.4, -0.2) is 18.5 Å². The van der Waals surface area contributed by atoms with Gasteiger partial charge >= 0.3 is 0 Å². The number of benzene rings is 1. The number of ether oxygens (including phenoxy) is 1. The Hall–Kier alpha value is -1.15. The topological polar surface area (TPSA) is 26.3 Å². The smallest absolute Gasteiger partial charge is 0.168 e. The van der Waals surface area contributed by atoms with Crippen LogP contribution in [0.15, 0.2) is 24.3 Å². The zero-order valence-corrected chi connectivity index (χ0v) is 11.5. The summed E-state index contributed by atoms with van der Waals surface area (Å²) in [5.41, 5.74) is 2.11. The molecule has 1 aromatic carbocycles. The Morgan fingerprint density at radius 1 is 1.33 bits per heavy atom. The molecule has 0 saturated carbocycles. The second-order valence-corrected chi connectivity index (χ2v) is 5.35. The maximum Gasteiger partial charge on any atom is 0.168 e. The van der Waals surface area contributed by atoms with Crippen LogP contribution in [0.25, 0.3) is 0 Å². The fourth-order valence-corrected chi connectivity index (χ4v) is 2.60. The maximum absolute atomic E-state index is 12.4. The average molecular weight is 246 g/mol. The molecule has 1 heterocycles. The van der Waals surface area contributed by atoms with E-state index in [0.29, 0.717) is 5.92 Å². The van der Waals surface area contributed by atoms with Crippen molar-refractivity contribution in [3.63, 3.8) is 0 Å². The van der Waals surface area contributed by atoms with Crippen LogP contribution in [0.4, 0.5) is 0 Å². The van der Waals surface area contributed by atoms with Gasteiger partial charge in [0.25, 0.3) is 0 Å². The van der Waals surface area contributed by atoms with Gasteiger partial charge in [0.1, 0.15) is 0 Å². The summed E-state index contributed by atoms with van der Waals surface area (Å²) in [6.07, 6.45) is 1.89. The number of carbonyl (C=O) groups is 1. The summed E-state index contributed by atoms with van der Waals surface area (Å²) in [6, 6.07) is 8.05. The highest BCUT2D eigenvalue weighted by molar-refractivity contribution is 5.98. The number of carbonyl (C=O) groups excluding carboxylic acids is 1. The van der Waals surface area contributed by atoms with E-state index in [0.717, 1.165) is 25.0 Å². The van der Waals surface area contributed by atoms with Crippen molar-refractivity contribution >= 4 is 5.78 Å². The molecule has 1 saturated heterocycles. The van der Waals surface area contributed by atoms with Gasteiger partial charge < -0.3 is 4.74 Å². The Bertz CT molecular complexity index is 406. The Labute approximate surface area is 109 Å². The van der Waals surface area contributed by atoms with E-state index in [9.17, 15) is 4.79 Å². The van der Waals surface area contributed by atoms with Gasteiger partial charge in [-0.05, 0) is 24.3 Å². The van der Waals surface area contributed by atoms with Crippen molar-refractivity contribution in [2.24, 2.45) is 5.92 Å². The summed E-state index contributed by atoms with van der Waals surface area (Å²) in [5, 5.41) is 0. The molecule has 18 heavy (non-hydrogen) atoms. The quantitative estimate of drug-likeness (QED) is 0.755. The Kier molecular flexibility index (Phi) is 4.18. The van der Waals surface area contributed by atoms with Gasteiger partial charge in [0.2, 0.25) is 0 Å². The third-order valence-electron chi connectivity index (χ3n) is 3.81. The van der Waals surface area contributed by atoms with Crippen molar-refractivity contribution < 1.29 is 9.53 Å². The SMILES string of the molecule is CCC1OCCC1C(=O)c1ccc(C(C)C)cc1. The number of hydrogen-bond acceptors (Lipinski definition) is 2. The minimum atomic E-state index is 0.0555. The molecule has 2 nitrogen and oxygen atoms in total. The summed E-state index contributed by atoms with van der Waals surface area (Å²) in [6.45, 7) is 7.13. The molecule has 1 fully saturated rings. The summed E-state index contributed by atoms with van der Waals surface area (Å²) in [7, 11) is 0. The lowest BCUT2D eigenvalue weighted by atomic mass is 9.89. The van der Waals surface area contributed by atoms with Crippen molar-refractivity contribution in [1.82, 2.24) is 0 Å². The van der Waals surface area contributed by atoms with Gasteiger partial charge in [0, 0.05) is 12.2 Å². The van der Waals surface area contributed by atoms with Gasteiger partial charge in [0.05, 0.1) is 12.0 Å². The fraction of sp³-hybridized carbons (Fsp3) is 0.562. The second kappa shape index (κ2) is 5.66. The van der Waals surface area contributed by atoms with Gasteiger partial charge in [-0.15, -0.1) is 0 Å². The molecule has 2 unspecified atom stereocenters. The van der Waals surface area contributed by atoms with E-state index < -0.39 is 0 Å². The molecule has 0 amide bonds. The van der Waals surface area contributed by atoms with Crippen LogP contribution in [0.5, 0.6) is 0 Å². The van der Waals surface area contributed by atoms with Crippen molar-refractivity contribution in [3.8, 4) is 0 Å². The first-order valence-corrected chi connectivity index (χ1v) is 6.89. The second-order valence-electron chi connectivity index (χ2n) is 5.35. The van der Waals surface area contributed by atoms with E-state index in [4.69, 9.17) is 4.74 Å². The maximum atomic E-state index is 12.4. The Morgan fingerprint density at radius 2 is 2.00 bits per heavy atom. The van der Waals surface area contributed by atoms with E-state index in [1.165, 1.54) is 5.56 Å². The highest BCUT2D eigenvalue weighted by atomic mass is 16.5. The predicted molar refractivity (Wildman–Crippen MR) is 73.0 cm³/mol. The lowest BCUT2D eigenvalue weighted by molar-refractivity contribution is 0.0689.